The fraction of sp³-hybridized carbons (Fsp3) is 0.118. The SMILES string of the molecule is O=C(CN1C(=O)COc2ccc(Cl)cc21)Nc1cccc(C(=O)[O-])c1. The van der Waals surface area contributed by atoms with E-state index in [1.54, 1.807) is 12.1 Å². The average Bonchev–Trinajstić information content (AvgIpc) is 2.58. The molecule has 2 amide bonds. The zero-order valence-corrected chi connectivity index (χ0v) is 13.6. The molecule has 0 fully saturated rings. The van der Waals surface area contributed by atoms with Gasteiger partial charge >= 0.3 is 0 Å². The molecule has 0 saturated heterocycles. The Morgan fingerprint density at radius 2 is 2.04 bits per heavy atom. The first-order valence-corrected chi connectivity index (χ1v) is 7.66. The van der Waals surface area contributed by atoms with Crippen molar-refractivity contribution in [1.29, 1.82) is 0 Å². The third-order valence-electron chi connectivity index (χ3n) is 3.55. The Hall–Kier alpha value is -3.06. The van der Waals surface area contributed by atoms with Gasteiger partial charge in [0.2, 0.25) is 5.91 Å². The summed E-state index contributed by atoms with van der Waals surface area (Å²) in [5.41, 5.74) is 0.637. The largest absolute Gasteiger partial charge is 0.545 e. The number of fused-ring (bicyclic) bond motifs is 1. The minimum absolute atomic E-state index is 0.0580. The van der Waals surface area contributed by atoms with Gasteiger partial charge in [-0.05, 0) is 35.9 Å². The van der Waals surface area contributed by atoms with Crippen LogP contribution in [0.4, 0.5) is 11.4 Å². The predicted octanol–water partition coefficient (Wildman–Crippen LogP) is 1.07. The highest BCUT2D eigenvalue weighted by Crippen LogP contribution is 2.34. The van der Waals surface area contributed by atoms with Crippen molar-refractivity contribution in [1.82, 2.24) is 0 Å². The van der Waals surface area contributed by atoms with Crippen LogP contribution in [0, 0.1) is 0 Å². The van der Waals surface area contributed by atoms with Gasteiger partial charge in [-0.15, -0.1) is 0 Å². The molecule has 0 radical (unpaired) electrons. The fourth-order valence-electron chi connectivity index (χ4n) is 2.42. The number of halogens is 1. The number of carbonyl (C=O) groups is 3. The second kappa shape index (κ2) is 6.82. The van der Waals surface area contributed by atoms with E-state index in [-0.39, 0.29) is 24.6 Å². The molecular formula is C17H12ClN2O5-. The van der Waals surface area contributed by atoms with Crippen molar-refractivity contribution < 1.29 is 24.2 Å². The molecule has 7 nitrogen and oxygen atoms in total. The van der Waals surface area contributed by atoms with Gasteiger partial charge in [-0.25, -0.2) is 0 Å². The van der Waals surface area contributed by atoms with Crippen LogP contribution in [0.15, 0.2) is 42.5 Å². The van der Waals surface area contributed by atoms with E-state index in [1.165, 1.54) is 35.2 Å². The van der Waals surface area contributed by atoms with Crippen molar-refractivity contribution in [2.75, 3.05) is 23.4 Å². The number of benzene rings is 2. The quantitative estimate of drug-likeness (QED) is 0.880. The first-order chi connectivity index (χ1) is 11.9. The molecule has 0 unspecified atom stereocenters. The highest BCUT2D eigenvalue weighted by atomic mass is 35.5. The van der Waals surface area contributed by atoms with Gasteiger partial charge in [-0.1, -0.05) is 23.7 Å². The molecule has 1 aliphatic rings. The first kappa shape index (κ1) is 16.8. The Balaban J connectivity index is 1.77. The zero-order valence-electron chi connectivity index (χ0n) is 12.8. The summed E-state index contributed by atoms with van der Waals surface area (Å²) in [4.78, 5) is 36.5. The molecule has 0 atom stereocenters. The van der Waals surface area contributed by atoms with Crippen LogP contribution >= 0.6 is 11.6 Å². The van der Waals surface area contributed by atoms with Gasteiger partial charge in [-0.2, -0.15) is 0 Å². The Morgan fingerprint density at radius 1 is 1.24 bits per heavy atom. The van der Waals surface area contributed by atoms with Gasteiger partial charge in [0.1, 0.15) is 12.3 Å². The molecule has 1 N–H and O–H groups in total. The van der Waals surface area contributed by atoms with Crippen LogP contribution in [-0.2, 0) is 9.59 Å². The van der Waals surface area contributed by atoms with Crippen molar-refractivity contribution in [3.05, 3.63) is 53.1 Å². The predicted molar refractivity (Wildman–Crippen MR) is 88.7 cm³/mol. The van der Waals surface area contributed by atoms with E-state index >= 15 is 0 Å². The number of ether oxygens (including phenoxy) is 1. The molecule has 0 aliphatic carbocycles. The van der Waals surface area contributed by atoms with Gasteiger partial charge < -0.3 is 20.0 Å². The topological polar surface area (TPSA) is 98.8 Å². The molecule has 3 rings (SSSR count). The molecule has 25 heavy (non-hydrogen) atoms. The molecule has 1 aliphatic heterocycles. The third-order valence-corrected chi connectivity index (χ3v) is 3.78. The van der Waals surface area contributed by atoms with E-state index < -0.39 is 11.9 Å². The van der Waals surface area contributed by atoms with Crippen LogP contribution in [-0.4, -0.2) is 30.9 Å². The maximum Gasteiger partial charge on any atom is 0.265 e. The molecule has 128 valence electrons. The van der Waals surface area contributed by atoms with Crippen molar-refractivity contribution in [2.45, 2.75) is 0 Å². The van der Waals surface area contributed by atoms with Crippen molar-refractivity contribution in [3.8, 4) is 5.75 Å². The first-order valence-electron chi connectivity index (χ1n) is 7.28. The summed E-state index contributed by atoms with van der Waals surface area (Å²) in [6.07, 6.45) is 0. The van der Waals surface area contributed by atoms with Gasteiger partial charge in [0, 0.05) is 10.7 Å². The number of rotatable bonds is 4. The molecular weight excluding hydrogens is 348 g/mol. The van der Waals surface area contributed by atoms with Crippen molar-refractivity contribution in [3.63, 3.8) is 0 Å². The minimum Gasteiger partial charge on any atom is -0.545 e. The maximum atomic E-state index is 12.3. The van der Waals surface area contributed by atoms with E-state index in [0.29, 0.717) is 22.1 Å². The number of nitrogens with one attached hydrogen (secondary N) is 1. The summed E-state index contributed by atoms with van der Waals surface area (Å²) >= 11 is 5.95. The van der Waals surface area contributed by atoms with Gasteiger partial charge in [-0.3, -0.25) is 14.5 Å². The Kier molecular flexibility index (Phi) is 4.58. The van der Waals surface area contributed by atoms with Crippen LogP contribution in [0.3, 0.4) is 0 Å². The molecule has 2 aromatic rings. The van der Waals surface area contributed by atoms with Gasteiger partial charge in [0.15, 0.2) is 6.61 Å². The van der Waals surface area contributed by atoms with E-state index in [2.05, 4.69) is 5.32 Å². The molecule has 2 aromatic carbocycles. The minimum atomic E-state index is -1.34. The lowest BCUT2D eigenvalue weighted by Crippen LogP contribution is -2.43. The number of carbonyl (C=O) groups excluding carboxylic acids is 3. The van der Waals surface area contributed by atoms with E-state index in [9.17, 15) is 19.5 Å². The van der Waals surface area contributed by atoms with Crippen LogP contribution < -0.4 is 20.1 Å². The highest BCUT2D eigenvalue weighted by Gasteiger charge is 2.27. The van der Waals surface area contributed by atoms with E-state index in [4.69, 9.17) is 16.3 Å². The van der Waals surface area contributed by atoms with Crippen LogP contribution in [0.5, 0.6) is 5.75 Å². The molecule has 0 aromatic heterocycles. The monoisotopic (exact) mass is 359 g/mol. The second-order valence-electron chi connectivity index (χ2n) is 5.30. The molecule has 8 heteroatoms. The summed E-state index contributed by atoms with van der Waals surface area (Å²) in [7, 11) is 0. The smallest absolute Gasteiger partial charge is 0.265 e. The number of carboxylic acid groups (broad SMARTS) is 1. The highest BCUT2D eigenvalue weighted by molar-refractivity contribution is 6.31. The van der Waals surface area contributed by atoms with E-state index in [1.807, 2.05) is 0 Å². The molecule has 0 saturated carbocycles. The van der Waals surface area contributed by atoms with Crippen molar-refractivity contribution >= 4 is 40.8 Å². The van der Waals surface area contributed by atoms with Gasteiger partial charge in [0.25, 0.3) is 5.91 Å². The normalized spacial score (nSPS) is 13.0. The number of aromatic carboxylic acids is 1. The summed E-state index contributed by atoms with van der Waals surface area (Å²) in [5.74, 6) is -1.76. The molecule has 0 bridgehead atoms. The summed E-state index contributed by atoms with van der Waals surface area (Å²) < 4.78 is 5.31. The lowest BCUT2D eigenvalue weighted by molar-refractivity contribution is -0.255. The Morgan fingerprint density at radius 3 is 2.80 bits per heavy atom. The number of carboxylic acids is 1. The Labute approximate surface area is 147 Å². The number of anilines is 2. The third kappa shape index (κ3) is 3.72. The lowest BCUT2D eigenvalue weighted by atomic mass is 10.2. The lowest BCUT2D eigenvalue weighted by Gasteiger charge is -2.29. The maximum absolute atomic E-state index is 12.3. The number of hydrogen-bond donors (Lipinski definition) is 1. The number of hydrogen-bond acceptors (Lipinski definition) is 5. The zero-order chi connectivity index (χ0) is 18.0. The summed E-state index contributed by atoms with van der Waals surface area (Å²) in [6.45, 7) is -0.437. The Bertz CT molecular complexity index is 868. The summed E-state index contributed by atoms with van der Waals surface area (Å²) in [6, 6.07) is 10.4. The molecule has 1 heterocycles. The van der Waals surface area contributed by atoms with Crippen LogP contribution in [0.25, 0.3) is 0 Å². The van der Waals surface area contributed by atoms with Crippen LogP contribution in [0.1, 0.15) is 10.4 Å². The van der Waals surface area contributed by atoms with Gasteiger partial charge in [0.05, 0.1) is 11.7 Å². The average molecular weight is 360 g/mol. The second-order valence-corrected chi connectivity index (χ2v) is 5.73. The fourth-order valence-corrected chi connectivity index (χ4v) is 2.58. The van der Waals surface area contributed by atoms with Crippen LogP contribution in [0.2, 0.25) is 5.02 Å². The summed E-state index contributed by atoms with van der Waals surface area (Å²) in [5, 5.41) is 13.8. The molecule has 0 spiro atoms. The number of nitrogens with zero attached hydrogens (tertiary/aromatic N) is 1. The standard InChI is InChI=1S/C17H13ClN2O5/c18-11-4-5-14-13(7-11)20(16(22)9-25-14)8-15(21)19-12-3-1-2-10(6-12)17(23)24/h1-7H,8-9H2,(H,19,21)(H,23,24)/p-1. The number of amides is 2. The van der Waals surface area contributed by atoms with Crippen molar-refractivity contribution in [2.24, 2.45) is 0 Å². The van der Waals surface area contributed by atoms with E-state index in [0.717, 1.165) is 0 Å².